The van der Waals surface area contributed by atoms with Gasteiger partial charge in [0.2, 0.25) is 5.91 Å². The van der Waals surface area contributed by atoms with Gasteiger partial charge in [0.15, 0.2) is 6.61 Å². The molecule has 1 fully saturated rings. The van der Waals surface area contributed by atoms with Gasteiger partial charge in [0, 0.05) is 31.6 Å². The summed E-state index contributed by atoms with van der Waals surface area (Å²) in [5, 5.41) is 11.6. The lowest BCUT2D eigenvalue weighted by molar-refractivity contribution is -0.139. The number of hydrogen-bond donors (Lipinski definition) is 2. The van der Waals surface area contributed by atoms with Crippen molar-refractivity contribution >= 4 is 17.8 Å². The molecule has 0 spiro atoms. The molecule has 1 heterocycles. The van der Waals surface area contributed by atoms with Gasteiger partial charge in [-0.3, -0.25) is 9.59 Å². The Hall–Kier alpha value is -2.57. The number of piperidine rings is 1. The number of rotatable bonds is 5. The lowest BCUT2D eigenvalue weighted by Crippen LogP contribution is -2.48. The lowest BCUT2D eigenvalue weighted by atomic mass is 10.0. The zero-order valence-corrected chi connectivity index (χ0v) is 14.1. The number of amides is 2. The van der Waals surface area contributed by atoms with Crippen molar-refractivity contribution < 1.29 is 24.2 Å². The van der Waals surface area contributed by atoms with Crippen LogP contribution in [0.5, 0.6) is 5.75 Å². The molecule has 2 rings (SSSR count). The van der Waals surface area contributed by atoms with Crippen LogP contribution in [0.3, 0.4) is 0 Å². The van der Waals surface area contributed by atoms with E-state index in [-0.39, 0.29) is 17.9 Å². The van der Waals surface area contributed by atoms with E-state index in [1.807, 2.05) is 0 Å². The number of likely N-dealkylation sites (N-methyl/N-ethyl adjacent to an activating group) is 1. The SMILES string of the molecule is Cc1cc(C(=O)NC2CCC(=O)N(C)C2)cc(C)c1OCC(=O)O. The van der Waals surface area contributed by atoms with Crippen molar-refractivity contribution in [3.63, 3.8) is 0 Å². The van der Waals surface area contributed by atoms with Crippen molar-refractivity contribution in [1.82, 2.24) is 10.2 Å². The number of carboxylic acids is 1. The van der Waals surface area contributed by atoms with Gasteiger partial charge in [-0.25, -0.2) is 4.79 Å². The third kappa shape index (κ3) is 4.24. The van der Waals surface area contributed by atoms with E-state index in [1.165, 1.54) is 0 Å². The number of nitrogens with zero attached hydrogens (tertiary/aromatic N) is 1. The second kappa shape index (κ2) is 7.33. The maximum absolute atomic E-state index is 12.4. The van der Waals surface area contributed by atoms with Crippen LogP contribution >= 0.6 is 0 Å². The van der Waals surface area contributed by atoms with E-state index >= 15 is 0 Å². The predicted molar refractivity (Wildman–Crippen MR) is 87.2 cm³/mol. The summed E-state index contributed by atoms with van der Waals surface area (Å²) in [5.41, 5.74) is 1.90. The number of carbonyl (C=O) groups excluding carboxylic acids is 2. The molecule has 0 aromatic heterocycles. The van der Waals surface area contributed by atoms with Crippen LogP contribution in [0, 0.1) is 13.8 Å². The lowest BCUT2D eigenvalue weighted by Gasteiger charge is -2.30. The number of aryl methyl sites for hydroxylation is 2. The van der Waals surface area contributed by atoms with E-state index in [2.05, 4.69) is 5.32 Å². The zero-order chi connectivity index (χ0) is 17.9. The molecule has 7 nitrogen and oxygen atoms in total. The molecule has 2 amide bonds. The summed E-state index contributed by atoms with van der Waals surface area (Å²) >= 11 is 0. The summed E-state index contributed by atoms with van der Waals surface area (Å²) in [6.07, 6.45) is 1.06. The van der Waals surface area contributed by atoms with Crippen molar-refractivity contribution in [1.29, 1.82) is 0 Å². The molecule has 1 aliphatic rings. The monoisotopic (exact) mass is 334 g/mol. The van der Waals surface area contributed by atoms with E-state index in [0.717, 1.165) is 0 Å². The highest BCUT2D eigenvalue weighted by molar-refractivity contribution is 5.95. The van der Waals surface area contributed by atoms with Crippen LogP contribution in [0.4, 0.5) is 0 Å². The fourth-order valence-electron chi connectivity index (χ4n) is 2.84. The van der Waals surface area contributed by atoms with Gasteiger partial charge in [-0.1, -0.05) is 0 Å². The maximum Gasteiger partial charge on any atom is 0.341 e. The predicted octanol–water partition coefficient (Wildman–Crippen LogP) is 1.12. The second-order valence-corrected chi connectivity index (χ2v) is 6.10. The number of carboxylic acid groups (broad SMARTS) is 1. The molecule has 1 atom stereocenters. The summed E-state index contributed by atoms with van der Waals surface area (Å²) < 4.78 is 5.26. The number of likely N-dealkylation sites (tertiary alicyclic amines) is 1. The van der Waals surface area contributed by atoms with Crippen LogP contribution in [0.2, 0.25) is 0 Å². The number of ether oxygens (including phenoxy) is 1. The van der Waals surface area contributed by atoms with Gasteiger partial charge in [0.1, 0.15) is 5.75 Å². The molecule has 0 bridgehead atoms. The molecule has 1 aromatic carbocycles. The maximum atomic E-state index is 12.4. The topological polar surface area (TPSA) is 95.9 Å². The van der Waals surface area contributed by atoms with E-state index in [0.29, 0.717) is 41.8 Å². The first-order valence-corrected chi connectivity index (χ1v) is 7.78. The van der Waals surface area contributed by atoms with Gasteiger partial charge in [0.05, 0.1) is 0 Å². The van der Waals surface area contributed by atoms with Gasteiger partial charge < -0.3 is 20.1 Å². The van der Waals surface area contributed by atoms with Crippen molar-refractivity contribution in [3.05, 3.63) is 28.8 Å². The minimum atomic E-state index is -1.05. The standard InChI is InChI=1S/C17H22N2O5/c1-10-6-12(7-11(2)16(10)24-9-15(21)22)17(23)18-13-4-5-14(20)19(3)8-13/h6-7,13H,4-5,8-9H2,1-3H3,(H,18,23)(H,21,22). The molecule has 1 saturated heterocycles. The molecular formula is C17H22N2O5. The molecule has 0 radical (unpaired) electrons. The molecule has 2 N–H and O–H groups in total. The van der Waals surface area contributed by atoms with Crippen molar-refractivity contribution in [2.24, 2.45) is 0 Å². The first-order valence-electron chi connectivity index (χ1n) is 7.78. The van der Waals surface area contributed by atoms with E-state index < -0.39 is 12.6 Å². The van der Waals surface area contributed by atoms with Crippen LogP contribution in [-0.4, -0.2) is 54.0 Å². The Labute approximate surface area is 140 Å². The Morgan fingerprint density at radius 2 is 1.96 bits per heavy atom. The minimum Gasteiger partial charge on any atom is -0.481 e. The summed E-state index contributed by atoms with van der Waals surface area (Å²) in [6.45, 7) is 3.63. The second-order valence-electron chi connectivity index (χ2n) is 6.10. The van der Waals surface area contributed by atoms with Crippen molar-refractivity contribution in [2.45, 2.75) is 32.7 Å². The van der Waals surface area contributed by atoms with Crippen LogP contribution in [0.25, 0.3) is 0 Å². The van der Waals surface area contributed by atoms with Gasteiger partial charge in [0.25, 0.3) is 5.91 Å². The highest BCUT2D eigenvalue weighted by atomic mass is 16.5. The Morgan fingerprint density at radius 3 is 2.50 bits per heavy atom. The largest absolute Gasteiger partial charge is 0.481 e. The Balaban J connectivity index is 2.07. The van der Waals surface area contributed by atoms with Crippen LogP contribution < -0.4 is 10.1 Å². The quantitative estimate of drug-likeness (QED) is 0.841. The van der Waals surface area contributed by atoms with Crippen molar-refractivity contribution in [2.75, 3.05) is 20.2 Å². The number of nitrogens with one attached hydrogen (secondary N) is 1. The number of benzene rings is 1. The van der Waals surface area contributed by atoms with Crippen LogP contribution in [-0.2, 0) is 9.59 Å². The molecule has 7 heteroatoms. The average molecular weight is 334 g/mol. The smallest absolute Gasteiger partial charge is 0.341 e. The number of carbonyl (C=O) groups is 3. The third-order valence-corrected chi connectivity index (χ3v) is 4.02. The number of hydrogen-bond acceptors (Lipinski definition) is 4. The Kier molecular flexibility index (Phi) is 5.43. The summed E-state index contributed by atoms with van der Waals surface area (Å²) in [6, 6.07) is 3.29. The Bertz CT molecular complexity index is 648. The fourth-order valence-corrected chi connectivity index (χ4v) is 2.84. The zero-order valence-electron chi connectivity index (χ0n) is 14.1. The molecule has 0 aliphatic carbocycles. The minimum absolute atomic E-state index is 0.0660. The number of aliphatic carboxylic acids is 1. The summed E-state index contributed by atoms with van der Waals surface area (Å²) in [4.78, 5) is 36.2. The average Bonchev–Trinajstić information content (AvgIpc) is 2.49. The highest BCUT2D eigenvalue weighted by Crippen LogP contribution is 2.25. The summed E-state index contributed by atoms with van der Waals surface area (Å²) in [5.74, 6) is -0.686. The highest BCUT2D eigenvalue weighted by Gasteiger charge is 2.24. The molecule has 0 saturated carbocycles. The Morgan fingerprint density at radius 1 is 1.33 bits per heavy atom. The first kappa shape index (κ1) is 17.8. The molecule has 1 unspecified atom stereocenters. The summed E-state index contributed by atoms with van der Waals surface area (Å²) in [7, 11) is 1.73. The molecule has 1 aromatic rings. The first-order chi connectivity index (χ1) is 11.3. The molecule has 130 valence electrons. The van der Waals surface area contributed by atoms with Gasteiger partial charge >= 0.3 is 5.97 Å². The van der Waals surface area contributed by atoms with Crippen LogP contribution in [0.15, 0.2) is 12.1 Å². The molecule has 1 aliphatic heterocycles. The van der Waals surface area contributed by atoms with Gasteiger partial charge in [-0.05, 0) is 43.5 Å². The molecule has 24 heavy (non-hydrogen) atoms. The third-order valence-electron chi connectivity index (χ3n) is 4.02. The van der Waals surface area contributed by atoms with Crippen molar-refractivity contribution in [3.8, 4) is 5.75 Å². The van der Waals surface area contributed by atoms with E-state index in [4.69, 9.17) is 9.84 Å². The van der Waals surface area contributed by atoms with E-state index in [1.54, 1.807) is 37.9 Å². The van der Waals surface area contributed by atoms with E-state index in [9.17, 15) is 14.4 Å². The normalized spacial score (nSPS) is 17.5. The fraction of sp³-hybridized carbons (Fsp3) is 0.471. The van der Waals surface area contributed by atoms with Gasteiger partial charge in [-0.2, -0.15) is 0 Å². The van der Waals surface area contributed by atoms with Gasteiger partial charge in [-0.15, -0.1) is 0 Å². The van der Waals surface area contributed by atoms with Crippen LogP contribution in [0.1, 0.15) is 34.3 Å². The molecular weight excluding hydrogens is 312 g/mol.